The number of carbonyl (C=O) groups excluding carboxylic acids is 1. The Morgan fingerprint density at radius 2 is 2.50 bits per heavy atom. The van der Waals surface area contributed by atoms with Gasteiger partial charge in [-0.3, -0.25) is 4.79 Å². The fourth-order valence-electron chi connectivity index (χ4n) is 1.20. The van der Waals surface area contributed by atoms with Gasteiger partial charge in [0.15, 0.2) is 0 Å². The van der Waals surface area contributed by atoms with Crippen LogP contribution in [0.3, 0.4) is 0 Å². The summed E-state index contributed by atoms with van der Waals surface area (Å²) in [5.41, 5.74) is 1.15. The maximum Gasteiger partial charge on any atom is 0.312 e. The van der Waals surface area contributed by atoms with Gasteiger partial charge in [0.1, 0.15) is 0 Å². The van der Waals surface area contributed by atoms with E-state index in [1.807, 2.05) is 32.1 Å². The normalized spacial score (nSPS) is 17.3. The summed E-state index contributed by atoms with van der Waals surface area (Å²) >= 11 is 0. The lowest BCUT2D eigenvalue weighted by molar-refractivity contribution is -0.146. The van der Waals surface area contributed by atoms with Gasteiger partial charge in [0.2, 0.25) is 0 Å². The summed E-state index contributed by atoms with van der Waals surface area (Å²) in [6.07, 6.45) is 6.90. The molecule has 1 aliphatic rings. The fraction of sp³-hybridized carbons (Fsp3) is 0.500. The second kappa shape index (κ2) is 4.10. The van der Waals surface area contributed by atoms with Crippen molar-refractivity contribution in [1.29, 1.82) is 0 Å². The molecule has 2 heteroatoms. The van der Waals surface area contributed by atoms with Gasteiger partial charge in [-0.2, -0.15) is 0 Å². The highest BCUT2D eigenvalue weighted by Gasteiger charge is 2.18. The van der Waals surface area contributed by atoms with Crippen molar-refractivity contribution >= 4 is 5.97 Å². The summed E-state index contributed by atoms with van der Waals surface area (Å²) in [7, 11) is 0. The molecule has 1 atom stereocenters. The molecule has 1 rings (SSSR count). The third-order valence-corrected chi connectivity index (χ3v) is 2.00. The number of hydrogen-bond acceptors (Lipinski definition) is 2. The molecule has 0 saturated carbocycles. The molecular formula is C10H14O2. The Kier molecular flexibility index (Phi) is 3.09. The summed E-state index contributed by atoms with van der Waals surface area (Å²) in [6.45, 7) is 4.17. The second-order valence-corrected chi connectivity index (χ2v) is 2.85. The van der Waals surface area contributed by atoms with Gasteiger partial charge in [-0.05, 0) is 20.3 Å². The van der Waals surface area contributed by atoms with Gasteiger partial charge in [-0.25, -0.2) is 0 Å². The summed E-state index contributed by atoms with van der Waals surface area (Å²) in [6, 6.07) is 0. The zero-order valence-corrected chi connectivity index (χ0v) is 7.54. The van der Waals surface area contributed by atoms with E-state index in [0.717, 1.165) is 12.0 Å². The SMILES string of the molecule is CCOC(=O)[C@@H](C)C1=CC=CC1. The van der Waals surface area contributed by atoms with Crippen molar-refractivity contribution in [2.75, 3.05) is 6.61 Å². The largest absolute Gasteiger partial charge is 0.466 e. The molecule has 0 aromatic heterocycles. The molecule has 0 N–H and O–H groups in total. The van der Waals surface area contributed by atoms with Crippen molar-refractivity contribution in [2.45, 2.75) is 20.3 Å². The van der Waals surface area contributed by atoms with Crippen molar-refractivity contribution in [1.82, 2.24) is 0 Å². The van der Waals surface area contributed by atoms with Gasteiger partial charge in [-0.15, -0.1) is 0 Å². The summed E-state index contributed by atoms with van der Waals surface area (Å²) < 4.78 is 4.91. The highest BCUT2D eigenvalue weighted by Crippen LogP contribution is 2.20. The fourth-order valence-corrected chi connectivity index (χ4v) is 1.20. The van der Waals surface area contributed by atoms with Crippen molar-refractivity contribution in [3.05, 3.63) is 23.8 Å². The number of rotatable bonds is 3. The number of ether oxygens (including phenoxy) is 1. The molecule has 0 unspecified atom stereocenters. The van der Waals surface area contributed by atoms with Crippen LogP contribution in [0.1, 0.15) is 20.3 Å². The van der Waals surface area contributed by atoms with Crippen LogP contribution in [-0.2, 0) is 9.53 Å². The summed E-state index contributed by atoms with van der Waals surface area (Å²) in [4.78, 5) is 11.2. The van der Waals surface area contributed by atoms with Gasteiger partial charge in [0, 0.05) is 0 Å². The smallest absolute Gasteiger partial charge is 0.312 e. The van der Waals surface area contributed by atoms with E-state index >= 15 is 0 Å². The van der Waals surface area contributed by atoms with E-state index in [1.54, 1.807) is 0 Å². The standard InChI is InChI=1S/C10H14O2/c1-3-12-10(11)8(2)9-6-4-5-7-9/h4-6,8H,3,7H2,1-2H3/t8-/m0/s1. The van der Waals surface area contributed by atoms with Gasteiger partial charge in [0.25, 0.3) is 0 Å². The van der Waals surface area contributed by atoms with Crippen LogP contribution in [0.25, 0.3) is 0 Å². The highest BCUT2D eigenvalue weighted by atomic mass is 16.5. The third kappa shape index (κ3) is 1.97. The summed E-state index contributed by atoms with van der Waals surface area (Å²) in [5.74, 6) is -0.201. The predicted octanol–water partition coefficient (Wildman–Crippen LogP) is 2.07. The van der Waals surface area contributed by atoms with Crippen LogP contribution in [0.2, 0.25) is 0 Å². The first-order chi connectivity index (χ1) is 5.75. The van der Waals surface area contributed by atoms with Crippen molar-refractivity contribution in [3.63, 3.8) is 0 Å². The van der Waals surface area contributed by atoms with E-state index in [-0.39, 0.29) is 11.9 Å². The van der Waals surface area contributed by atoms with Crippen molar-refractivity contribution in [2.24, 2.45) is 5.92 Å². The van der Waals surface area contributed by atoms with Crippen LogP contribution >= 0.6 is 0 Å². The molecule has 12 heavy (non-hydrogen) atoms. The van der Waals surface area contributed by atoms with Crippen LogP contribution < -0.4 is 0 Å². The Bertz CT molecular complexity index is 226. The molecule has 0 radical (unpaired) electrons. The van der Waals surface area contributed by atoms with Crippen LogP contribution in [0, 0.1) is 5.92 Å². The molecule has 0 spiro atoms. The van der Waals surface area contributed by atoms with Crippen LogP contribution in [0.4, 0.5) is 0 Å². The van der Waals surface area contributed by atoms with Crippen molar-refractivity contribution in [3.8, 4) is 0 Å². The highest BCUT2D eigenvalue weighted by molar-refractivity contribution is 5.75. The minimum atomic E-state index is -0.118. The molecule has 0 aromatic carbocycles. The lowest BCUT2D eigenvalue weighted by Crippen LogP contribution is -2.16. The average molecular weight is 166 g/mol. The zero-order valence-electron chi connectivity index (χ0n) is 7.54. The van der Waals surface area contributed by atoms with Crippen LogP contribution in [0.5, 0.6) is 0 Å². The number of allylic oxidation sites excluding steroid dienone is 3. The lowest BCUT2D eigenvalue weighted by Gasteiger charge is -2.10. The number of hydrogen-bond donors (Lipinski definition) is 0. The molecule has 0 aliphatic heterocycles. The van der Waals surface area contributed by atoms with Gasteiger partial charge in [0.05, 0.1) is 12.5 Å². The minimum Gasteiger partial charge on any atom is -0.466 e. The monoisotopic (exact) mass is 166 g/mol. The van der Waals surface area contributed by atoms with Crippen LogP contribution in [0.15, 0.2) is 23.8 Å². The number of esters is 1. The minimum absolute atomic E-state index is 0.0834. The van der Waals surface area contributed by atoms with E-state index in [4.69, 9.17) is 4.74 Å². The quantitative estimate of drug-likeness (QED) is 0.600. The van der Waals surface area contributed by atoms with Gasteiger partial charge in [-0.1, -0.05) is 23.8 Å². The van der Waals surface area contributed by atoms with Crippen molar-refractivity contribution < 1.29 is 9.53 Å². The molecule has 0 bridgehead atoms. The first-order valence-electron chi connectivity index (χ1n) is 4.28. The molecule has 66 valence electrons. The van der Waals surface area contributed by atoms with Gasteiger partial charge < -0.3 is 4.74 Å². The van der Waals surface area contributed by atoms with E-state index in [1.165, 1.54) is 0 Å². The lowest BCUT2D eigenvalue weighted by atomic mass is 10.0. The molecule has 0 amide bonds. The van der Waals surface area contributed by atoms with E-state index in [9.17, 15) is 4.79 Å². The molecule has 0 fully saturated rings. The molecule has 2 nitrogen and oxygen atoms in total. The average Bonchev–Trinajstić information content (AvgIpc) is 2.55. The molecular weight excluding hydrogens is 152 g/mol. The molecule has 0 saturated heterocycles. The van der Waals surface area contributed by atoms with Crippen LogP contribution in [-0.4, -0.2) is 12.6 Å². The molecule has 0 heterocycles. The number of carbonyl (C=O) groups is 1. The Labute approximate surface area is 72.9 Å². The Morgan fingerprint density at radius 3 is 3.00 bits per heavy atom. The maximum absolute atomic E-state index is 11.2. The van der Waals surface area contributed by atoms with Gasteiger partial charge >= 0.3 is 5.97 Å². The second-order valence-electron chi connectivity index (χ2n) is 2.85. The maximum atomic E-state index is 11.2. The summed E-state index contributed by atoms with van der Waals surface area (Å²) in [5, 5.41) is 0. The van der Waals surface area contributed by atoms with E-state index in [0.29, 0.717) is 6.61 Å². The molecule has 1 aliphatic carbocycles. The third-order valence-electron chi connectivity index (χ3n) is 2.00. The predicted molar refractivity (Wildman–Crippen MR) is 47.6 cm³/mol. The topological polar surface area (TPSA) is 26.3 Å². The van der Waals surface area contributed by atoms with E-state index < -0.39 is 0 Å². The Hall–Kier alpha value is -1.05. The zero-order chi connectivity index (χ0) is 8.97. The Morgan fingerprint density at radius 1 is 1.75 bits per heavy atom. The van der Waals surface area contributed by atoms with E-state index in [2.05, 4.69) is 0 Å². The Balaban J connectivity index is 2.47. The first-order valence-corrected chi connectivity index (χ1v) is 4.28. The first kappa shape index (κ1) is 9.04. The molecule has 0 aromatic rings.